The van der Waals surface area contributed by atoms with Crippen molar-refractivity contribution in [1.29, 1.82) is 0 Å². The molecule has 3 N–H and O–H groups in total. The molecule has 0 spiro atoms. The van der Waals surface area contributed by atoms with E-state index >= 15 is 0 Å². The molecule has 0 bridgehead atoms. The average Bonchev–Trinajstić information content (AvgIpc) is 3.44. The van der Waals surface area contributed by atoms with Crippen LogP contribution in [0.3, 0.4) is 0 Å². The van der Waals surface area contributed by atoms with Crippen LogP contribution in [-0.4, -0.2) is 56.0 Å². The van der Waals surface area contributed by atoms with E-state index in [0.717, 1.165) is 11.1 Å². The van der Waals surface area contributed by atoms with Crippen LogP contribution in [0.1, 0.15) is 42.9 Å². The predicted molar refractivity (Wildman–Crippen MR) is 125 cm³/mol. The molecule has 2 heterocycles. The van der Waals surface area contributed by atoms with Crippen molar-refractivity contribution in [3.05, 3.63) is 71.3 Å². The van der Waals surface area contributed by atoms with Crippen LogP contribution in [0.4, 0.5) is 4.39 Å². The highest BCUT2D eigenvalue weighted by Crippen LogP contribution is 2.23. The Hall–Kier alpha value is -3.70. The number of aliphatic hydroxyl groups excluding tert-OH is 2. The Kier molecular flexibility index (Phi) is 7.17. The molecule has 11 heteroatoms. The molecule has 0 aliphatic carbocycles. The van der Waals surface area contributed by atoms with Gasteiger partial charge in [0, 0.05) is 19.4 Å². The third-order valence-electron chi connectivity index (χ3n) is 5.00. The first-order valence-corrected chi connectivity index (χ1v) is 11.1. The summed E-state index contributed by atoms with van der Waals surface area (Å²) in [5.41, 5.74) is 1.67. The van der Waals surface area contributed by atoms with Crippen molar-refractivity contribution in [2.24, 2.45) is 5.16 Å². The normalized spacial score (nSPS) is 16.3. The van der Waals surface area contributed by atoms with Crippen LogP contribution in [0.5, 0.6) is 11.5 Å². The SMILES string of the molecule is Cc1nc(C2NC(c3ccc(OC(C)(C)F)cc3)=NO2)nn1Cc1cccc(OCC(O)CO)c1. The molecule has 10 nitrogen and oxygen atoms in total. The molecule has 2 unspecified atom stereocenters. The number of halogens is 1. The quantitative estimate of drug-likeness (QED) is 0.400. The lowest BCUT2D eigenvalue weighted by molar-refractivity contribution is -0.0257. The summed E-state index contributed by atoms with van der Waals surface area (Å²) in [7, 11) is 0. The number of amidine groups is 1. The van der Waals surface area contributed by atoms with Gasteiger partial charge in [0.1, 0.15) is 30.0 Å². The molecule has 186 valence electrons. The summed E-state index contributed by atoms with van der Waals surface area (Å²) >= 11 is 0. The first-order valence-electron chi connectivity index (χ1n) is 11.1. The van der Waals surface area contributed by atoms with Crippen molar-refractivity contribution >= 4 is 5.84 Å². The summed E-state index contributed by atoms with van der Waals surface area (Å²) in [5.74, 6) is 0.851. The molecule has 2 atom stereocenters. The number of hydrogen-bond donors (Lipinski definition) is 3. The minimum Gasteiger partial charge on any atom is -0.491 e. The minimum absolute atomic E-state index is 0.00304. The van der Waals surface area contributed by atoms with Gasteiger partial charge >= 0.3 is 0 Å². The minimum atomic E-state index is -1.77. The topological polar surface area (TPSA) is 123 Å². The molecule has 1 aromatic heterocycles. The Balaban J connectivity index is 1.38. The summed E-state index contributed by atoms with van der Waals surface area (Å²) in [4.78, 5) is 10.0. The fourth-order valence-corrected chi connectivity index (χ4v) is 3.35. The maximum atomic E-state index is 13.7. The van der Waals surface area contributed by atoms with Crippen LogP contribution in [0, 0.1) is 6.92 Å². The Morgan fingerprint density at radius 3 is 2.69 bits per heavy atom. The van der Waals surface area contributed by atoms with Crippen LogP contribution < -0.4 is 14.8 Å². The molecule has 1 aliphatic rings. The molecule has 0 amide bonds. The van der Waals surface area contributed by atoms with Gasteiger partial charge in [-0.1, -0.05) is 17.3 Å². The van der Waals surface area contributed by atoms with Crippen molar-refractivity contribution < 1.29 is 28.9 Å². The number of ether oxygens (including phenoxy) is 2. The van der Waals surface area contributed by atoms with Gasteiger partial charge in [-0.2, -0.15) is 4.39 Å². The summed E-state index contributed by atoms with van der Waals surface area (Å²) < 4.78 is 26.1. The Bertz CT molecular complexity index is 1180. The van der Waals surface area contributed by atoms with Gasteiger partial charge in [-0.05, 0) is 48.9 Å². The first-order chi connectivity index (χ1) is 16.7. The van der Waals surface area contributed by atoms with Crippen LogP contribution >= 0.6 is 0 Å². The zero-order valence-electron chi connectivity index (χ0n) is 19.7. The van der Waals surface area contributed by atoms with Gasteiger partial charge in [0.2, 0.25) is 11.7 Å². The van der Waals surface area contributed by atoms with Crippen LogP contribution in [0.2, 0.25) is 0 Å². The van der Waals surface area contributed by atoms with Crippen molar-refractivity contribution in [2.45, 2.75) is 45.5 Å². The highest BCUT2D eigenvalue weighted by atomic mass is 19.2. The van der Waals surface area contributed by atoms with Gasteiger partial charge in [-0.25, -0.2) is 9.67 Å². The number of aliphatic hydroxyl groups is 2. The van der Waals surface area contributed by atoms with E-state index in [1.165, 1.54) is 13.8 Å². The molecule has 35 heavy (non-hydrogen) atoms. The van der Waals surface area contributed by atoms with Crippen LogP contribution in [0.15, 0.2) is 53.7 Å². The van der Waals surface area contributed by atoms with E-state index in [2.05, 4.69) is 20.6 Å². The van der Waals surface area contributed by atoms with E-state index < -0.39 is 18.2 Å². The van der Waals surface area contributed by atoms with Gasteiger partial charge in [-0.15, -0.1) is 5.10 Å². The Morgan fingerprint density at radius 1 is 1.20 bits per heavy atom. The lowest BCUT2D eigenvalue weighted by atomic mass is 10.2. The van der Waals surface area contributed by atoms with Crippen molar-refractivity contribution in [3.63, 3.8) is 0 Å². The zero-order valence-corrected chi connectivity index (χ0v) is 19.7. The van der Waals surface area contributed by atoms with Crippen molar-refractivity contribution in [1.82, 2.24) is 20.1 Å². The van der Waals surface area contributed by atoms with E-state index in [4.69, 9.17) is 19.4 Å². The third kappa shape index (κ3) is 6.46. The second kappa shape index (κ2) is 10.3. The molecule has 2 aromatic carbocycles. The Labute approximate surface area is 202 Å². The predicted octanol–water partition coefficient (Wildman–Crippen LogP) is 2.43. The van der Waals surface area contributed by atoms with E-state index in [1.54, 1.807) is 35.0 Å². The highest BCUT2D eigenvalue weighted by Gasteiger charge is 2.27. The van der Waals surface area contributed by atoms with E-state index in [9.17, 15) is 9.50 Å². The number of nitrogens with zero attached hydrogens (tertiary/aromatic N) is 4. The number of benzene rings is 2. The number of rotatable bonds is 10. The maximum Gasteiger partial charge on any atom is 0.261 e. The number of nitrogens with one attached hydrogen (secondary N) is 1. The van der Waals surface area contributed by atoms with Gasteiger partial charge in [0.15, 0.2) is 5.84 Å². The standard InChI is InChI=1S/C24H28FN5O5/c1-15-26-22(28-30(15)12-16-5-4-6-20(11-16)33-14-18(32)13-31)23-27-21(29-35-23)17-7-9-19(10-8-17)34-24(2,3)25/h4-11,18,23,31-32H,12-14H2,1-3H3,(H,27,29). The fraction of sp³-hybridized carbons (Fsp3) is 0.375. The van der Waals surface area contributed by atoms with Crippen molar-refractivity contribution in [3.8, 4) is 11.5 Å². The largest absolute Gasteiger partial charge is 0.491 e. The average molecular weight is 486 g/mol. The summed E-state index contributed by atoms with van der Waals surface area (Å²) in [6.07, 6.45) is -1.58. The number of alkyl halides is 1. The molecular weight excluding hydrogens is 457 g/mol. The molecule has 1 aliphatic heterocycles. The molecule has 0 saturated heterocycles. The summed E-state index contributed by atoms with van der Waals surface area (Å²) in [5, 5.41) is 30.2. The summed E-state index contributed by atoms with van der Waals surface area (Å²) in [6.45, 7) is 4.61. The maximum absolute atomic E-state index is 13.7. The van der Waals surface area contributed by atoms with Crippen LogP contribution in [-0.2, 0) is 11.4 Å². The van der Waals surface area contributed by atoms with E-state index in [1.807, 2.05) is 25.1 Å². The van der Waals surface area contributed by atoms with Gasteiger partial charge in [0.05, 0.1) is 13.2 Å². The second-order valence-electron chi connectivity index (χ2n) is 8.53. The lowest BCUT2D eigenvalue weighted by Gasteiger charge is -2.17. The third-order valence-corrected chi connectivity index (χ3v) is 5.00. The van der Waals surface area contributed by atoms with Crippen molar-refractivity contribution in [2.75, 3.05) is 13.2 Å². The molecule has 3 aromatic rings. The van der Waals surface area contributed by atoms with E-state index in [-0.39, 0.29) is 13.2 Å². The lowest BCUT2D eigenvalue weighted by Crippen LogP contribution is -2.25. The molecule has 0 fully saturated rings. The van der Waals surface area contributed by atoms with Gasteiger partial charge < -0.3 is 29.8 Å². The summed E-state index contributed by atoms with van der Waals surface area (Å²) in [6, 6.07) is 14.2. The number of aryl methyl sites for hydroxylation is 1. The first kappa shape index (κ1) is 24.4. The van der Waals surface area contributed by atoms with Gasteiger partial charge in [0.25, 0.3) is 6.23 Å². The molecule has 4 rings (SSSR count). The zero-order chi connectivity index (χ0) is 25.0. The second-order valence-corrected chi connectivity index (χ2v) is 8.53. The Morgan fingerprint density at radius 2 is 1.97 bits per heavy atom. The molecule has 0 saturated carbocycles. The molecular formula is C24H28FN5O5. The highest BCUT2D eigenvalue weighted by molar-refractivity contribution is 5.99. The number of oxime groups is 1. The van der Waals surface area contributed by atoms with E-state index in [0.29, 0.717) is 35.5 Å². The van der Waals surface area contributed by atoms with Gasteiger partial charge in [-0.3, -0.25) is 0 Å². The number of hydrogen-bond acceptors (Lipinski definition) is 9. The van der Waals surface area contributed by atoms with Crippen LogP contribution in [0.25, 0.3) is 0 Å². The number of aromatic nitrogens is 3. The smallest absolute Gasteiger partial charge is 0.261 e. The monoisotopic (exact) mass is 485 g/mol. The molecule has 0 radical (unpaired) electrons. The fourth-order valence-electron chi connectivity index (χ4n) is 3.35.